The second-order valence-corrected chi connectivity index (χ2v) is 8.63. The van der Waals surface area contributed by atoms with E-state index >= 15 is 0 Å². The molecule has 10 nitrogen and oxygen atoms in total. The zero-order valence-electron chi connectivity index (χ0n) is 21.1. The summed E-state index contributed by atoms with van der Waals surface area (Å²) >= 11 is 0. The highest BCUT2D eigenvalue weighted by Crippen LogP contribution is 2.33. The van der Waals surface area contributed by atoms with Gasteiger partial charge in [-0.2, -0.15) is 5.10 Å². The maximum atomic E-state index is 13.1. The van der Waals surface area contributed by atoms with Crippen molar-refractivity contribution in [1.82, 2.24) is 19.7 Å². The van der Waals surface area contributed by atoms with Crippen LogP contribution in [0.5, 0.6) is 11.5 Å². The Labute approximate surface area is 215 Å². The van der Waals surface area contributed by atoms with Crippen LogP contribution in [0.1, 0.15) is 10.5 Å². The third kappa shape index (κ3) is 5.18. The van der Waals surface area contributed by atoms with Crippen LogP contribution in [0.15, 0.2) is 67.0 Å². The summed E-state index contributed by atoms with van der Waals surface area (Å²) in [5.74, 6) is 2.21. The van der Waals surface area contributed by atoms with Gasteiger partial charge in [-0.05, 0) is 36.4 Å². The third-order valence-corrected chi connectivity index (χ3v) is 6.41. The van der Waals surface area contributed by atoms with E-state index in [-0.39, 0.29) is 5.91 Å². The minimum absolute atomic E-state index is 0.318. The van der Waals surface area contributed by atoms with Crippen LogP contribution in [0.2, 0.25) is 0 Å². The molecular weight excluding hydrogens is 470 g/mol. The van der Waals surface area contributed by atoms with E-state index in [0.717, 1.165) is 37.6 Å². The molecule has 10 heteroatoms. The zero-order valence-corrected chi connectivity index (χ0v) is 21.1. The Bertz CT molecular complexity index is 1380. The summed E-state index contributed by atoms with van der Waals surface area (Å²) < 4.78 is 12.4. The van der Waals surface area contributed by atoms with E-state index in [9.17, 15) is 4.79 Å². The SMILES string of the molecule is COc1ccc(OC)c(-c2cc(C(=O)Nc3cc(N4CCN(c5ccccc5)CC4)ncn3)n(C)n2)c1. The normalized spacial score (nSPS) is 13.4. The van der Waals surface area contributed by atoms with Gasteiger partial charge in [-0.1, -0.05) is 18.2 Å². The number of para-hydroxylation sites is 1. The standard InChI is InChI=1S/C27H29N7O3/c1-32-23(16-22(31-32)21-15-20(36-2)9-10-24(21)37-3)27(35)30-25-17-26(29-18-28-25)34-13-11-33(12-14-34)19-7-5-4-6-8-19/h4-10,15-18H,11-14H2,1-3H3,(H,28,29,30,35). The molecule has 1 fully saturated rings. The van der Waals surface area contributed by atoms with Crippen LogP contribution >= 0.6 is 0 Å². The van der Waals surface area contributed by atoms with Gasteiger partial charge in [0.05, 0.1) is 19.9 Å². The van der Waals surface area contributed by atoms with E-state index < -0.39 is 0 Å². The number of carbonyl (C=O) groups excluding carboxylic acids is 1. The summed E-state index contributed by atoms with van der Waals surface area (Å²) in [6, 6.07) is 19.4. The summed E-state index contributed by atoms with van der Waals surface area (Å²) in [6.45, 7) is 3.43. The van der Waals surface area contributed by atoms with Crippen LogP contribution in [-0.4, -0.2) is 66.1 Å². The Morgan fingerprint density at radius 3 is 2.38 bits per heavy atom. The van der Waals surface area contributed by atoms with Crippen molar-refractivity contribution in [3.8, 4) is 22.8 Å². The smallest absolute Gasteiger partial charge is 0.275 e. The number of hydrogen-bond acceptors (Lipinski definition) is 8. The van der Waals surface area contributed by atoms with Gasteiger partial charge in [0.2, 0.25) is 0 Å². The Morgan fingerprint density at radius 1 is 0.892 bits per heavy atom. The Kier molecular flexibility index (Phi) is 6.89. The van der Waals surface area contributed by atoms with Crippen molar-refractivity contribution in [2.45, 2.75) is 0 Å². The molecule has 5 rings (SSSR count). The van der Waals surface area contributed by atoms with E-state index in [2.05, 4.69) is 54.4 Å². The van der Waals surface area contributed by atoms with Gasteiger partial charge in [0, 0.05) is 50.5 Å². The molecule has 1 aliphatic heterocycles. The van der Waals surface area contributed by atoms with Crippen molar-refractivity contribution < 1.29 is 14.3 Å². The molecule has 0 radical (unpaired) electrons. The second-order valence-electron chi connectivity index (χ2n) is 8.63. The van der Waals surface area contributed by atoms with Gasteiger partial charge < -0.3 is 24.6 Å². The van der Waals surface area contributed by atoms with E-state index in [1.807, 2.05) is 24.3 Å². The van der Waals surface area contributed by atoms with Gasteiger partial charge in [0.25, 0.3) is 5.91 Å². The first kappa shape index (κ1) is 24.1. The highest BCUT2D eigenvalue weighted by molar-refractivity contribution is 6.03. The van der Waals surface area contributed by atoms with Crippen LogP contribution in [0.25, 0.3) is 11.3 Å². The molecule has 0 aliphatic carbocycles. The van der Waals surface area contributed by atoms with Gasteiger partial charge in [0.15, 0.2) is 0 Å². The van der Waals surface area contributed by atoms with Gasteiger partial charge in [0.1, 0.15) is 35.2 Å². The van der Waals surface area contributed by atoms with Gasteiger partial charge in [-0.25, -0.2) is 9.97 Å². The molecule has 0 unspecified atom stereocenters. The average Bonchev–Trinajstić information content (AvgIpc) is 3.35. The van der Waals surface area contributed by atoms with E-state index in [0.29, 0.717) is 28.7 Å². The lowest BCUT2D eigenvalue weighted by molar-refractivity contribution is 0.101. The quantitative estimate of drug-likeness (QED) is 0.413. The first-order valence-electron chi connectivity index (χ1n) is 12.0. The van der Waals surface area contributed by atoms with Crippen LogP contribution in [0.4, 0.5) is 17.3 Å². The molecule has 1 aliphatic rings. The maximum absolute atomic E-state index is 13.1. The van der Waals surface area contributed by atoms with Crippen molar-refractivity contribution in [3.63, 3.8) is 0 Å². The van der Waals surface area contributed by atoms with Crippen LogP contribution in [0, 0.1) is 0 Å². The monoisotopic (exact) mass is 499 g/mol. The number of rotatable bonds is 7. The zero-order chi connectivity index (χ0) is 25.8. The first-order chi connectivity index (χ1) is 18.1. The number of aryl methyl sites for hydroxylation is 1. The predicted molar refractivity (Wildman–Crippen MR) is 143 cm³/mol. The lowest BCUT2D eigenvalue weighted by Gasteiger charge is -2.36. The van der Waals surface area contributed by atoms with Crippen molar-refractivity contribution in [1.29, 1.82) is 0 Å². The average molecular weight is 500 g/mol. The number of hydrogen-bond donors (Lipinski definition) is 1. The van der Waals surface area contributed by atoms with Crippen molar-refractivity contribution >= 4 is 23.2 Å². The minimum atomic E-state index is -0.318. The lowest BCUT2D eigenvalue weighted by atomic mass is 10.1. The number of aromatic nitrogens is 4. The van der Waals surface area contributed by atoms with Gasteiger partial charge in [-0.3, -0.25) is 9.48 Å². The number of piperazine rings is 1. The van der Waals surface area contributed by atoms with Crippen molar-refractivity contribution in [3.05, 3.63) is 72.7 Å². The van der Waals surface area contributed by atoms with E-state index in [4.69, 9.17) is 9.47 Å². The summed E-state index contributed by atoms with van der Waals surface area (Å²) in [7, 11) is 4.92. The van der Waals surface area contributed by atoms with Gasteiger partial charge >= 0.3 is 0 Å². The van der Waals surface area contributed by atoms with E-state index in [1.165, 1.54) is 16.7 Å². The molecule has 0 saturated carbocycles. The minimum Gasteiger partial charge on any atom is -0.497 e. The molecule has 0 spiro atoms. The summed E-state index contributed by atoms with van der Waals surface area (Å²) in [5.41, 5.74) is 2.94. The fourth-order valence-electron chi connectivity index (χ4n) is 4.43. The maximum Gasteiger partial charge on any atom is 0.275 e. The molecule has 1 amide bonds. The highest BCUT2D eigenvalue weighted by atomic mass is 16.5. The number of nitrogens with zero attached hydrogens (tertiary/aromatic N) is 6. The molecular formula is C27H29N7O3. The van der Waals surface area contributed by atoms with E-state index in [1.54, 1.807) is 33.4 Å². The number of amides is 1. The van der Waals surface area contributed by atoms with Crippen molar-refractivity contribution in [2.24, 2.45) is 7.05 Å². The van der Waals surface area contributed by atoms with Gasteiger partial charge in [-0.15, -0.1) is 0 Å². The molecule has 0 atom stereocenters. The number of nitrogens with one attached hydrogen (secondary N) is 1. The first-order valence-corrected chi connectivity index (χ1v) is 12.0. The highest BCUT2D eigenvalue weighted by Gasteiger charge is 2.21. The second kappa shape index (κ2) is 10.6. The Balaban J connectivity index is 1.29. The molecule has 0 bridgehead atoms. The summed E-state index contributed by atoms with van der Waals surface area (Å²) in [5, 5.41) is 7.41. The third-order valence-electron chi connectivity index (χ3n) is 6.41. The topological polar surface area (TPSA) is 97.6 Å². The molecule has 2 aromatic carbocycles. The Morgan fingerprint density at radius 2 is 1.65 bits per heavy atom. The number of carbonyl (C=O) groups is 1. The molecule has 4 aromatic rings. The molecule has 1 saturated heterocycles. The molecule has 1 N–H and O–H groups in total. The molecule has 190 valence electrons. The molecule has 3 heterocycles. The number of ether oxygens (including phenoxy) is 2. The fourth-order valence-corrected chi connectivity index (χ4v) is 4.43. The number of methoxy groups -OCH3 is 2. The summed E-state index contributed by atoms with van der Waals surface area (Å²) in [4.78, 5) is 26.4. The summed E-state index contributed by atoms with van der Waals surface area (Å²) in [6.07, 6.45) is 1.48. The van der Waals surface area contributed by atoms with Crippen LogP contribution < -0.4 is 24.6 Å². The number of benzene rings is 2. The Hall–Kier alpha value is -4.60. The van der Waals surface area contributed by atoms with Crippen LogP contribution in [0.3, 0.4) is 0 Å². The molecule has 2 aromatic heterocycles. The van der Waals surface area contributed by atoms with Crippen molar-refractivity contribution in [2.75, 3.05) is 55.5 Å². The predicted octanol–water partition coefficient (Wildman–Crippen LogP) is 3.47. The fraction of sp³-hybridized carbons (Fsp3) is 0.259. The largest absolute Gasteiger partial charge is 0.497 e. The molecule has 37 heavy (non-hydrogen) atoms. The van der Waals surface area contributed by atoms with Crippen LogP contribution in [-0.2, 0) is 7.05 Å². The number of anilines is 3. The lowest BCUT2D eigenvalue weighted by Crippen LogP contribution is -2.46.